The van der Waals surface area contributed by atoms with E-state index < -0.39 is 0 Å². The first-order valence-corrected chi connectivity index (χ1v) is 7.82. The molecule has 108 valence electrons. The molecule has 1 unspecified atom stereocenters. The predicted octanol–water partition coefficient (Wildman–Crippen LogP) is 3.87. The number of unbranched alkanes of at least 4 members (excludes halogenated alkanes) is 1. The maximum absolute atomic E-state index is 6.45. The molecule has 1 aromatic heterocycles. The van der Waals surface area contributed by atoms with Gasteiger partial charge in [-0.1, -0.05) is 51.1 Å². The zero-order valence-corrected chi connectivity index (χ0v) is 12.3. The summed E-state index contributed by atoms with van der Waals surface area (Å²) in [5.41, 5.74) is 6.11. The quantitative estimate of drug-likeness (QED) is 0.848. The van der Waals surface area contributed by atoms with E-state index in [9.17, 15) is 0 Å². The van der Waals surface area contributed by atoms with Crippen LogP contribution in [-0.4, -0.2) is 10.1 Å². The average molecular weight is 265 g/mol. The summed E-state index contributed by atoms with van der Waals surface area (Å²) in [6.45, 7) is 4.39. The Labute approximate surface area is 116 Å². The second-order valence-corrected chi connectivity index (χ2v) is 5.92. The van der Waals surface area contributed by atoms with Crippen molar-refractivity contribution in [2.24, 2.45) is 5.73 Å². The lowest BCUT2D eigenvalue weighted by atomic mass is 9.82. The molecule has 0 bridgehead atoms. The summed E-state index contributed by atoms with van der Waals surface area (Å²) >= 11 is 0. The Bertz CT molecular complexity index is 382. The molecule has 0 amide bonds. The van der Waals surface area contributed by atoms with Crippen LogP contribution in [0.25, 0.3) is 0 Å². The van der Waals surface area contributed by atoms with E-state index in [1.54, 1.807) is 0 Å². The molecule has 4 nitrogen and oxygen atoms in total. The number of rotatable bonds is 6. The molecule has 1 saturated carbocycles. The van der Waals surface area contributed by atoms with Gasteiger partial charge in [0.15, 0.2) is 5.82 Å². The van der Waals surface area contributed by atoms with Gasteiger partial charge in [0.25, 0.3) is 0 Å². The Hall–Kier alpha value is -0.900. The first-order valence-electron chi connectivity index (χ1n) is 7.82. The van der Waals surface area contributed by atoms with Crippen LogP contribution in [0.1, 0.15) is 89.3 Å². The van der Waals surface area contributed by atoms with Crippen LogP contribution < -0.4 is 5.73 Å². The summed E-state index contributed by atoms with van der Waals surface area (Å²) in [7, 11) is 0. The van der Waals surface area contributed by atoms with Crippen molar-refractivity contribution in [2.75, 3.05) is 0 Å². The summed E-state index contributed by atoms with van der Waals surface area (Å²) in [6.07, 6.45) is 10.2. The van der Waals surface area contributed by atoms with Gasteiger partial charge in [-0.05, 0) is 25.7 Å². The van der Waals surface area contributed by atoms with Gasteiger partial charge in [-0.15, -0.1) is 0 Å². The molecule has 1 aliphatic rings. The van der Waals surface area contributed by atoms with Gasteiger partial charge in [-0.2, -0.15) is 4.98 Å². The number of nitrogens with two attached hydrogens (primary N) is 1. The largest absolute Gasteiger partial charge is 0.339 e. The molecule has 0 aromatic carbocycles. The Kier molecular flexibility index (Phi) is 4.97. The van der Waals surface area contributed by atoms with E-state index in [-0.39, 0.29) is 5.54 Å². The van der Waals surface area contributed by atoms with Crippen LogP contribution >= 0.6 is 0 Å². The lowest BCUT2D eigenvalue weighted by Crippen LogP contribution is -2.39. The van der Waals surface area contributed by atoms with E-state index in [4.69, 9.17) is 10.3 Å². The van der Waals surface area contributed by atoms with Crippen molar-refractivity contribution in [3.63, 3.8) is 0 Å². The highest BCUT2D eigenvalue weighted by molar-refractivity contribution is 5.06. The molecule has 0 radical (unpaired) electrons. The number of hydrogen-bond donors (Lipinski definition) is 1. The summed E-state index contributed by atoms with van der Waals surface area (Å²) < 4.78 is 5.49. The van der Waals surface area contributed by atoms with Gasteiger partial charge in [-0.25, -0.2) is 0 Å². The summed E-state index contributed by atoms with van der Waals surface area (Å²) in [6, 6.07) is 0. The van der Waals surface area contributed by atoms with Crippen molar-refractivity contribution in [2.45, 2.75) is 83.1 Å². The van der Waals surface area contributed by atoms with Crippen molar-refractivity contribution in [3.05, 3.63) is 11.7 Å². The van der Waals surface area contributed by atoms with Crippen LogP contribution in [-0.2, 0) is 5.54 Å². The van der Waals surface area contributed by atoms with E-state index in [2.05, 4.69) is 24.0 Å². The zero-order chi connectivity index (χ0) is 13.7. The molecule has 1 atom stereocenters. The average Bonchev–Trinajstić information content (AvgIpc) is 2.91. The highest BCUT2D eigenvalue weighted by Crippen LogP contribution is 2.34. The second-order valence-electron chi connectivity index (χ2n) is 5.92. The van der Waals surface area contributed by atoms with E-state index in [0.717, 1.165) is 37.4 Å². The summed E-state index contributed by atoms with van der Waals surface area (Å²) in [4.78, 5) is 4.63. The van der Waals surface area contributed by atoms with Gasteiger partial charge in [0, 0.05) is 5.92 Å². The molecule has 1 aliphatic carbocycles. The van der Waals surface area contributed by atoms with Crippen LogP contribution in [0.3, 0.4) is 0 Å². The molecule has 4 heteroatoms. The lowest BCUT2D eigenvalue weighted by molar-refractivity contribution is 0.271. The minimum absolute atomic E-state index is 0.344. The van der Waals surface area contributed by atoms with Crippen molar-refractivity contribution < 1.29 is 4.52 Å². The van der Waals surface area contributed by atoms with E-state index >= 15 is 0 Å². The monoisotopic (exact) mass is 265 g/mol. The smallest absolute Gasteiger partial charge is 0.229 e. The van der Waals surface area contributed by atoms with Crippen molar-refractivity contribution >= 4 is 0 Å². The fraction of sp³-hybridized carbons (Fsp3) is 0.867. The maximum atomic E-state index is 6.45. The third-order valence-corrected chi connectivity index (χ3v) is 4.38. The Morgan fingerprint density at radius 2 is 2.00 bits per heavy atom. The predicted molar refractivity (Wildman–Crippen MR) is 75.8 cm³/mol. The topological polar surface area (TPSA) is 64.9 Å². The standard InChI is InChI=1S/C15H27N3O/c1-3-5-9-12(4-2)13-17-14(18-19-13)15(16)10-7-6-8-11-15/h12H,3-11,16H2,1-2H3. The van der Waals surface area contributed by atoms with Crippen LogP contribution in [0, 0.1) is 0 Å². The SMILES string of the molecule is CCCCC(CC)c1nc(C2(N)CCCCC2)no1. The highest BCUT2D eigenvalue weighted by Gasteiger charge is 2.34. The number of aromatic nitrogens is 2. The first kappa shape index (κ1) is 14.5. The molecule has 0 saturated heterocycles. The molecular formula is C15H27N3O. The van der Waals surface area contributed by atoms with Crippen molar-refractivity contribution in [3.8, 4) is 0 Å². The third-order valence-electron chi connectivity index (χ3n) is 4.38. The van der Waals surface area contributed by atoms with Gasteiger partial charge in [0.05, 0.1) is 5.54 Å². The fourth-order valence-electron chi connectivity index (χ4n) is 2.96. The highest BCUT2D eigenvalue weighted by atomic mass is 16.5. The zero-order valence-electron chi connectivity index (χ0n) is 12.3. The molecule has 0 spiro atoms. The van der Waals surface area contributed by atoms with Gasteiger partial charge in [0.2, 0.25) is 5.89 Å². The van der Waals surface area contributed by atoms with E-state index in [1.165, 1.54) is 32.1 Å². The lowest BCUT2D eigenvalue weighted by Gasteiger charge is -2.29. The van der Waals surface area contributed by atoms with Crippen LogP contribution in [0.5, 0.6) is 0 Å². The third kappa shape index (κ3) is 3.35. The van der Waals surface area contributed by atoms with Gasteiger partial charge in [-0.3, -0.25) is 0 Å². The summed E-state index contributed by atoms with van der Waals surface area (Å²) in [5, 5.41) is 4.18. The van der Waals surface area contributed by atoms with Crippen molar-refractivity contribution in [1.29, 1.82) is 0 Å². The molecule has 2 N–H and O–H groups in total. The minimum atomic E-state index is -0.344. The summed E-state index contributed by atoms with van der Waals surface area (Å²) in [5.74, 6) is 1.92. The number of nitrogens with zero attached hydrogens (tertiary/aromatic N) is 2. The Morgan fingerprint density at radius 1 is 1.26 bits per heavy atom. The molecule has 0 aliphatic heterocycles. The van der Waals surface area contributed by atoms with E-state index in [1.807, 2.05) is 0 Å². The van der Waals surface area contributed by atoms with Crippen LogP contribution in [0.4, 0.5) is 0 Å². The number of hydrogen-bond acceptors (Lipinski definition) is 4. The first-order chi connectivity index (χ1) is 9.19. The van der Waals surface area contributed by atoms with Crippen LogP contribution in [0.15, 0.2) is 4.52 Å². The molecular weight excluding hydrogens is 238 g/mol. The second kappa shape index (κ2) is 6.51. The maximum Gasteiger partial charge on any atom is 0.229 e. The molecule has 1 fully saturated rings. The molecule has 2 rings (SSSR count). The normalized spacial score (nSPS) is 20.4. The minimum Gasteiger partial charge on any atom is -0.339 e. The van der Waals surface area contributed by atoms with Crippen molar-refractivity contribution in [1.82, 2.24) is 10.1 Å². The van der Waals surface area contributed by atoms with Crippen LogP contribution in [0.2, 0.25) is 0 Å². The molecule has 1 aromatic rings. The van der Waals surface area contributed by atoms with Gasteiger partial charge >= 0.3 is 0 Å². The Balaban J connectivity index is 2.08. The van der Waals surface area contributed by atoms with E-state index in [0.29, 0.717) is 5.92 Å². The molecule has 19 heavy (non-hydrogen) atoms. The molecule has 1 heterocycles. The van der Waals surface area contributed by atoms with Gasteiger partial charge < -0.3 is 10.3 Å². The fourth-order valence-corrected chi connectivity index (χ4v) is 2.96. The van der Waals surface area contributed by atoms with Gasteiger partial charge in [0.1, 0.15) is 0 Å². The Morgan fingerprint density at radius 3 is 2.63 bits per heavy atom.